The zero-order valence-electron chi connectivity index (χ0n) is 10.4. The second-order valence-corrected chi connectivity index (χ2v) is 3.88. The average Bonchev–Trinajstić information content (AvgIpc) is 2.36. The average molecular weight is 271 g/mol. The predicted molar refractivity (Wildman–Crippen MR) is 67.5 cm³/mol. The lowest BCUT2D eigenvalue weighted by Crippen LogP contribution is -2.36. The largest absolute Gasteiger partial charge is 0.465 e. The van der Waals surface area contributed by atoms with Gasteiger partial charge < -0.3 is 9.64 Å². The predicted octanol–water partition coefficient (Wildman–Crippen LogP) is 1.76. The van der Waals surface area contributed by atoms with Crippen molar-refractivity contribution in [1.82, 2.24) is 9.88 Å². The molecule has 0 aliphatic carbocycles. The molecular weight excluding hydrogens is 256 g/mol. The summed E-state index contributed by atoms with van der Waals surface area (Å²) in [5.74, 6) is -0.690. The second-order valence-electron chi connectivity index (χ2n) is 3.49. The molecule has 0 atom stereocenters. The van der Waals surface area contributed by atoms with Crippen molar-refractivity contribution in [1.29, 1.82) is 0 Å². The van der Waals surface area contributed by atoms with E-state index in [9.17, 15) is 9.59 Å². The van der Waals surface area contributed by atoms with Crippen molar-refractivity contribution >= 4 is 23.5 Å². The van der Waals surface area contributed by atoms with E-state index >= 15 is 0 Å². The number of pyridine rings is 1. The number of hydrogen-bond donors (Lipinski definition) is 0. The molecule has 1 heterocycles. The van der Waals surface area contributed by atoms with Gasteiger partial charge in [-0.3, -0.25) is 9.59 Å². The number of esters is 1. The molecular formula is C12H15ClN2O3. The first-order valence-corrected chi connectivity index (χ1v) is 6.02. The number of amides is 1. The SMILES string of the molecule is CCOC(=O)CN(CC)C(=O)c1ccc(Cl)nc1. The van der Waals surface area contributed by atoms with Crippen molar-refractivity contribution in [2.75, 3.05) is 19.7 Å². The van der Waals surface area contributed by atoms with Crippen LogP contribution in [-0.4, -0.2) is 41.5 Å². The van der Waals surface area contributed by atoms with Gasteiger partial charge >= 0.3 is 5.97 Å². The minimum atomic E-state index is -0.422. The Hall–Kier alpha value is -1.62. The van der Waals surface area contributed by atoms with Crippen molar-refractivity contribution in [3.63, 3.8) is 0 Å². The van der Waals surface area contributed by atoms with Crippen LogP contribution >= 0.6 is 11.6 Å². The standard InChI is InChI=1S/C12H15ClN2O3/c1-3-15(8-11(16)18-4-2)12(17)9-5-6-10(13)14-7-9/h5-7H,3-4,8H2,1-2H3. The second kappa shape index (κ2) is 6.96. The van der Waals surface area contributed by atoms with Crippen LogP contribution in [-0.2, 0) is 9.53 Å². The number of ether oxygens (including phenoxy) is 1. The van der Waals surface area contributed by atoms with Gasteiger partial charge in [0, 0.05) is 12.7 Å². The van der Waals surface area contributed by atoms with Gasteiger partial charge in [0.25, 0.3) is 5.91 Å². The van der Waals surface area contributed by atoms with Crippen LogP contribution in [0.3, 0.4) is 0 Å². The minimum Gasteiger partial charge on any atom is -0.465 e. The van der Waals surface area contributed by atoms with Crippen molar-refractivity contribution in [3.05, 3.63) is 29.0 Å². The summed E-state index contributed by atoms with van der Waals surface area (Å²) < 4.78 is 4.81. The van der Waals surface area contributed by atoms with Crippen LogP contribution in [0.1, 0.15) is 24.2 Å². The third kappa shape index (κ3) is 4.00. The first-order valence-electron chi connectivity index (χ1n) is 5.65. The molecule has 0 bridgehead atoms. The van der Waals surface area contributed by atoms with Crippen LogP contribution in [0, 0.1) is 0 Å². The van der Waals surface area contributed by atoms with Crippen molar-refractivity contribution in [3.8, 4) is 0 Å². The van der Waals surface area contributed by atoms with E-state index in [1.54, 1.807) is 19.9 Å². The molecule has 1 aromatic heterocycles. The number of rotatable bonds is 5. The number of carbonyl (C=O) groups is 2. The summed E-state index contributed by atoms with van der Waals surface area (Å²) in [4.78, 5) is 28.6. The summed E-state index contributed by atoms with van der Waals surface area (Å²) in [6.45, 7) is 4.17. The summed E-state index contributed by atoms with van der Waals surface area (Å²) in [6, 6.07) is 3.11. The first-order chi connectivity index (χ1) is 8.58. The molecule has 0 unspecified atom stereocenters. The van der Waals surface area contributed by atoms with E-state index in [4.69, 9.17) is 16.3 Å². The van der Waals surface area contributed by atoms with Crippen LogP contribution in [0.4, 0.5) is 0 Å². The number of carbonyl (C=O) groups excluding carboxylic acids is 2. The third-order valence-corrected chi connectivity index (χ3v) is 2.49. The molecule has 0 fully saturated rings. The molecule has 98 valence electrons. The molecule has 0 aliphatic heterocycles. The molecule has 0 N–H and O–H groups in total. The molecule has 1 amide bonds. The summed E-state index contributed by atoms with van der Waals surface area (Å²) in [6.07, 6.45) is 1.39. The van der Waals surface area contributed by atoms with Crippen molar-refractivity contribution < 1.29 is 14.3 Å². The fraction of sp³-hybridized carbons (Fsp3) is 0.417. The fourth-order valence-corrected chi connectivity index (χ4v) is 1.49. The summed E-state index contributed by atoms with van der Waals surface area (Å²) in [5.41, 5.74) is 0.394. The first kappa shape index (κ1) is 14.4. The number of halogens is 1. The van der Waals surface area contributed by atoms with Crippen LogP contribution in [0.25, 0.3) is 0 Å². The molecule has 0 spiro atoms. The molecule has 18 heavy (non-hydrogen) atoms. The molecule has 0 saturated heterocycles. The molecule has 5 nitrogen and oxygen atoms in total. The Morgan fingerprint density at radius 3 is 2.61 bits per heavy atom. The van der Waals surface area contributed by atoms with Crippen molar-refractivity contribution in [2.24, 2.45) is 0 Å². The van der Waals surface area contributed by atoms with E-state index in [0.717, 1.165) is 0 Å². The Morgan fingerprint density at radius 1 is 1.39 bits per heavy atom. The molecule has 1 aromatic rings. The van der Waals surface area contributed by atoms with E-state index < -0.39 is 5.97 Å². The maximum absolute atomic E-state index is 12.1. The monoisotopic (exact) mass is 270 g/mol. The lowest BCUT2D eigenvalue weighted by molar-refractivity contribution is -0.143. The quantitative estimate of drug-likeness (QED) is 0.604. The van der Waals surface area contributed by atoms with E-state index in [1.165, 1.54) is 17.2 Å². The van der Waals surface area contributed by atoms with Gasteiger partial charge in [-0.25, -0.2) is 4.98 Å². The highest BCUT2D eigenvalue weighted by molar-refractivity contribution is 6.29. The molecule has 0 saturated carbocycles. The normalized spacial score (nSPS) is 9.94. The maximum Gasteiger partial charge on any atom is 0.325 e. The number of likely N-dealkylation sites (N-methyl/N-ethyl adjacent to an activating group) is 1. The fourth-order valence-electron chi connectivity index (χ4n) is 1.37. The molecule has 1 rings (SSSR count). The minimum absolute atomic E-state index is 0.0637. The van der Waals surface area contributed by atoms with Gasteiger partial charge in [-0.2, -0.15) is 0 Å². The lowest BCUT2D eigenvalue weighted by atomic mass is 10.2. The third-order valence-electron chi connectivity index (χ3n) is 2.27. The van der Waals surface area contributed by atoms with E-state index in [2.05, 4.69) is 4.98 Å². The topological polar surface area (TPSA) is 59.5 Å². The summed E-state index contributed by atoms with van der Waals surface area (Å²) >= 11 is 5.65. The van der Waals surface area contributed by atoms with Gasteiger partial charge in [0.15, 0.2) is 0 Å². The smallest absolute Gasteiger partial charge is 0.325 e. The van der Waals surface area contributed by atoms with Crippen LogP contribution in [0.15, 0.2) is 18.3 Å². The van der Waals surface area contributed by atoms with E-state index in [1.807, 2.05) is 0 Å². The molecule has 0 aliphatic rings. The zero-order valence-corrected chi connectivity index (χ0v) is 11.1. The van der Waals surface area contributed by atoms with Crippen LogP contribution in [0.2, 0.25) is 5.15 Å². The zero-order chi connectivity index (χ0) is 13.5. The van der Waals surface area contributed by atoms with Crippen LogP contribution < -0.4 is 0 Å². The Bertz CT molecular complexity index is 420. The number of aromatic nitrogens is 1. The highest BCUT2D eigenvalue weighted by atomic mass is 35.5. The summed E-state index contributed by atoms with van der Waals surface area (Å²) in [5, 5.41) is 0.319. The number of nitrogens with zero attached hydrogens (tertiary/aromatic N) is 2. The van der Waals surface area contributed by atoms with Gasteiger partial charge in [-0.15, -0.1) is 0 Å². The Kier molecular flexibility index (Phi) is 5.58. The molecule has 0 aromatic carbocycles. The summed E-state index contributed by atoms with van der Waals surface area (Å²) in [7, 11) is 0. The Labute approximate surface area is 111 Å². The highest BCUT2D eigenvalue weighted by Crippen LogP contribution is 2.08. The Balaban J connectivity index is 2.73. The molecule has 6 heteroatoms. The van der Waals surface area contributed by atoms with Crippen molar-refractivity contribution in [2.45, 2.75) is 13.8 Å². The molecule has 0 radical (unpaired) electrons. The lowest BCUT2D eigenvalue weighted by Gasteiger charge is -2.19. The van der Waals surface area contributed by atoms with Gasteiger partial charge in [0.05, 0.1) is 12.2 Å². The van der Waals surface area contributed by atoms with Gasteiger partial charge in [0.2, 0.25) is 0 Å². The van der Waals surface area contributed by atoms with Gasteiger partial charge in [-0.05, 0) is 26.0 Å². The van der Waals surface area contributed by atoms with E-state index in [-0.39, 0.29) is 12.5 Å². The van der Waals surface area contributed by atoms with Crippen LogP contribution in [0.5, 0.6) is 0 Å². The number of hydrogen-bond acceptors (Lipinski definition) is 4. The Morgan fingerprint density at radius 2 is 2.11 bits per heavy atom. The highest BCUT2D eigenvalue weighted by Gasteiger charge is 2.18. The van der Waals surface area contributed by atoms with Gasteiger partial charge in [-0.1, -0.05) is 11.6 Å². The van der Waals surface area contributed by atoms with E-state index in [0.29, 0.717) is 23.9 Å². The van der Waals surface area contributed by atoms with Gasteiger partial charge in [0.1, 0.15) is 11.7 Å². The maximum atomic E-state index is 12.1.